The van der Waals surface area contributed by atoms with Crippen molar-refractivity contribution in [1.29, 1.82) is 0 Å². The van der Waals surface area contributed by atoms with E-state index in [2.05, 4.69) is 22.6 Å². The highest BCUT2D eigenvalue weighted by Gasteiger charge is 1.92. The molecule has 0 aromatic carbocycles. The first-order valence-corrected chi connectivity index (χ1v) is 3.79. The van der Waals surface area contributed by atoms with Gasteiger partial charge in [0.25, 0.3) is 0 Å². The topological polar surface area (TPSA) is 4.93 Å². The number of aryl methyl sites for hydroxylation is 1. The van der Waals surface area contributed by atoms with E-state index >= 15 is 0 Å². The molecule has 0 aliphatic heterocycles. The van der Waals surface area contributed by atoms with Gasteiger partial charge in [0.1, 0.15) is 6.67 Å². The largest absolute Gasteiger partial charge is 0.340 e. The summed E-state index contributed by atoms with van der Waals surface area (Å²) in [7, 11) is 0. The van der Waals surface area contributed by atoms with Gasteiger partial charge in [0, 0.05) is 6.20 Å². The van der Waals surface area contributed by atoms with Crippen molar-refractivity contribution in [2.75, 3.05) is 6.67 Å². The maximum atomic E-state index is 11.7. The lowest BCUT2D eigenvalue weighted by atomic mass is 10.7. The SMILES string of the molecule is FCCn1cccc1I. The molecule has 1 heterocycles. The third-order valence-electron chi connectivity index (χ3n) is 1.10. The second-order valence-corrected chi connectivity index (χ2v) is 2.82. The van der Waals surface area contributed by atoms with Gasteiger partial charge in [0.05, 0.1) is 10.2 Å². The van der Waals surface area contributed by atoms with Crippen LogP contribution in [0, 0.1) is 3.70 Å². The van der Waals surface area contributed by atoms with Crippen molar-refractivity contribution in [1.82, 2.24) is 4.57 Å². The van der Waals surface area contributed by atoms with Crippen molar-refractivity contribution >= 4 is 22.6 Å². The van der Waals surface area contributed by atoms with Crippen LogP contribution < -0.4 is 0 Å². The third kappa shape index (κ3) is 1.67. The maximum absolute atomic E-state index is 11.7. The van der Waals surface area contributed by atoms with E-state index < -0.39 is 0 Å². The molecule has 0 atom stereocenters. The molecule has 0 aliphatic carbocycles. The lowest BCUT2D eigenvalue weighted by molar-refractivity contribution is 0.443. The molecule has 0 bridgehead atoms. The van der Waals surface area contributed by atoms with Crippen LogP contribution in [0.2, 0.25) is 0 Å². The van der Waals surface area contributed by atoms with Gasteiger partial charge in [-0.15, -0.1) is 0 Å². The summed E-state index contributed by atoms with van der Waals surface area (Å²) in [6, 6.07) is 3.87. The van der Waals surface area contributed by atoms with E-state index in [1.165, 1.54) is 0 Å². The van der Waals surface area contributed by atoms with Crippen molar-refractivity contribution in [2.45, 2.75) is 6.54 Å². The minimum atomic E-state index is -0.287. The first-order chi connectivity index (χ1) is 4.34. The van der Waals surface area contributed by atoms with E-state index in [1.54, 1.807) is 0 Å². The minimum Gasteiger partial charge on any atom is -0.340 e. The summed E-state index contributed by atoms with van der Waals surface area (Å²) in [6.07, 6.45) is 1.88. The smallest absolute Gasteiger partial charge is 0.107 e. The molecule has 1 rings (SSSR count). The predicted octanol–water partition coefficient (Wildman–Crippen LogP) is 2.06. The molecule has 0 radical (unpaired) electrons. The van der Waals surface area contributed by atoms with Gasteiger partial charge in [0.2, 0.25) is 0 Å². The molecule has 50 valence electrons. The summed E-state index contributed by atoms with van der Waals surface area (Å²) in [5.41, 5.74) is 0. The molecule has 0 amide bonds. The zero-order valence-corrected chi connectivity index (χ0v) is 7.01. The Morgan fingerprint density at radius 2 is 2.44 bits per heavy atom. The Balaban J connectivity index is 2.69. The number of rotatable bonds is 2. The van der Waals surface area contributed by atoms with Gasteiger partial charge in [-0.2, -0.15) is 0 Å². The molecule has 0 spiro atoms. The molecule has 0 unspecified atom stereocenters. The highest BCUT2D eigenvalue weighted by Crippen LogP contribution is 2.04. The molecule has 0 saturated heterocycles. The summed E-state index contributed by atoms with van der Waals surface area (Å²) >= 11 is 2.18. The molecule has 1 aromatic heterocycles. The van der Waals surface area contributed by atoms with Crippen LogP contribution >= 0.6 is 22.6 Å². The summed E-state index contributed by atoms with van der Waals surface area (Å²) in [5.74, 6) is 0. The lowest BCUT2D eigenvalue weighted by Gasteiger charge is -1.97. The van der Waals surface area contributed by atoms with Gasteiger partial charge >= 0.3 is 0 Å². The van der Waals surface area contributed by atoms with Crippen LogP contribution in [0.15, 0.2) is 18.3 Å². The number of aromatic nitrogens is 1. The van der Waals surface area contributed by atoms with E-state index in [0.717, 1.165) is 3.70 Å². The lowest BCUT2D eigenvalue weighted by Crippen LogP contribution is -1.98. The standard InChI is InChI=1S/C6H7FIN/c7-3-5-9-4-1-2-6(9)8/h1-2,4H,3,5H2. The van der Waals surface area contributed by atoms with Gasteiger partial charge in [0.15, 0.2) is 0 Å². The average molecular weight is 239 g/mol. The van der Waals surface area contributed by atoms with Gasteiger partial charge < -0.3 is 4.57 Å². The Labute approximate surface area is 67.0 Å². The molecule has 9 heavy (non-hydrogen) atoms. The van der Waals surface area contributed by atoms with Crippen LogP contribution in [0.5, 0.6) is 0 Å². The second-order valence-electron chi connectivity index (χ2n) is 1.71. The predicted molar refractivity (Wildman–Crippen MR) is 43.1 cm³/mol. The van der Waals surface area contributed by atoms with Crippen molar-refractivity contribution in [2.24, 2.45) is 0 Å². The Hall–Kier alpha value is -0.0600. The zero-order chi connectivity index (χ0) is 6.69. The van der Waals surface area contributed by atoms with Crippen molar-refractivity contribution in [3.63, 3.8) is 0 Å². The average Bonchev–Trinajstić information content (AvgIpc) is 2.18. The number of hydrogen-bond donors (Lipinski definition) is 0. The molecule has 0 saturated carbocycles. The fourth-order valence-corrected chi connectivity index (χ4v) is 1.28. The van der Waals surface area contributed by atoms with Crippen molar-refractivity contribution < 1.29 is 4.39 Å². The molecular formula is C6H7FIN. The Kier molecular flexibility index (Phi) is 2.50. The number of alkyl halides is 1. The van der Waals surface area contributed by atoms with Crippen molar-refractivity contribution in [3.8, 4) is 0 Å². The summed E-state index contributed by atoms with van der Waals surface area (Å²) in [6.45, 7) is 0.190. The zero-order valence-electron chi connectivity index (χ0n) is 4.85. The van der Waals surface area contributed by atoms with Gasteiger partial charge in [-0.1, -0.05) is 0 Å². The first kappa shape index (κ1) is 7.05. The van der Waals surface area contributed by atoms with E-state index in [9.17, 15) is 4.39 Å². The van der Waals surface area contributed by atoms with E-state index in [0.29, 0.717) is 6.54 Å². The van der Waals surface area contributed by atoms with Crippen LogP contribution in [0.1, 0.15) is 0 Å². The fraction of sp³-hybridized carbons (Fsp3) is 0.333. The van der Waals surface area contributed by atoms with Gasteiger partial charge in [-0.25, -0.2) is 4.39 Å². The molecular weight excluding hydrogens is 232 g/mol. The second kappa shape index (κ2) is 3.20. The Morgan fingerprint density at radius 3 is 2.89 bits per heavy atom. The maximum Gasteiger partial charge on any atom is 0.107 e. The minimum absolute atomic E-state index is 0.287. The van der Waals surface area contributed by atoms with Crippen LogP contribution in [-0.4, -0.2) is 11.2 Å². The van der Waals surface area contributed by atoms with E-state index in [-0.39, 0.29) is 6.67 Å². The summed E-state index contributed by atoms with van der Waals surface area (Å²) < 4.78 is 14.7. The molecule has 0 aliphatic rings. The number of halogens is 2. The summed E-state index contributed by atoms with van der Waals surface area (Å²) in [4.78, 5) is 0. The molecule has 3 heteroatoms. The van der Waals surface area contributed by atoms with Gasteiger partial charge in [-0.3, -0.25) is 0 Å². The van der Waals surface area contributed by atoms with Crippen LogP contribution in [0.3, 0.4) is 0 Å². The Morgan fingerprint density at radius 1 is 1.67 bits per heavy atom. The quantitative estimate of drug-likeness (QED) is 0.696. The van der Waals surface area contributed by atoms with E-state index in [1.807, 2.05) is 22.9 Å². The van der Waals surface area contributed by atoms with Crippen molar-refractivity contribution in [3.05, 3.63) is 22.0 Å². The van der Waals surface area contributed by atoms with Crippen LogP contribution in [0.25, 0.3) is 0 Å². The highest BCUT2D eigenvalue weighted by molar-refractivity contribution is 14.1. The molecule has 1 aromatic rings. The number of hydrogen-bond acceptors (Lipinski definition) is 0. The fourth-order valence-electron chi connectivity index (χ4n) is 0.666. The van der Waals surface area contributed by atoms with E-state index in [4.69, 9.17) is 0 Å². The summed E-state index contributed by atoms with van der Waals surface area (Å²) in [5, 5.41) is 0. The molecule has 0 fully saturated rings. The van der Waals surface area contributed by atoms with Gasteiger partial charge in [-0.05, 0) is 34.7 Å². The first-order valence-electron chi connectivity index (χ1n) is 2.71. The highest BCUT2D eigenvalue weighted by atomic mass is 127. The molecule has 0 N–H and O–H groups in total. The van der Waals surface area contributed by atoms with Crippen LogP contribution in [0.4, 0.5) is 4.39 Å². The third-order valence-corrected chi connectivity index (χ3v) is 2.08. The molecule has 1 nitrogen and oxygen atoms in total. The monoisotopic (exact) mass is 239 g/mol. The van der Waals surface area contributed by atoms with Crippen LogP contribution in [-0.2, 0) is 6.54 Å². The number of nitrogens with zero attached hydrogens (tertiary/aromatic N) is 1. The Bertz CT molecular complexity index is 185. The normalized spacial score (nSPS) is 10.0.